The molecule has 3 rings (SSSR count). The van der Waals surface area contributed by atoms with E-state index in [0.717, 1.165) is 22.1 Å². The molecule has 0 saturated carbocycles. The fraction of sp³-hybridized carbons (Fsp3) is 0.227. The van der Waals surface area contributed by atoms with Crippen LogP contribution in [0.15, 0.2) is 57.7 Å². The number of benzene rings is 2. The van der Waals surface area contributed by atoms with Crippen molar-refractivity contribution in [3.8, 4) is 11.1 Å². The number of nitrogens with two attached hydrogens (primary N) is 1. The SMILES string of the molecule is Cc1ccccc1-c1cc(=O)oc2cc(N(C)[C@@H](C)C(=O)NCC(N)=O)ccc12. The number of aryl methyl sites for hydroxylation is 1. The van der Waals surface area contributed by atoms with Crippen molar-refractivity contribution < 1.29 is 14.0 Å². The van der Waals surface area contributed by atoms with Gasteiger partial charge in [0.2, 0.25) is 11.8 Å². The summed E-state index contributed by atoms with van der Waals surface area (Å²) in [6.45, 7) is 3.48. The molecule has 0 fully saturated rings. The van der Waals surface area contributed by atoms with Gasteiger partial charge in [-0.15, -0.1) is 0 Å². The molecule has 1 heterocycles. The lowest BCUT2D eigenvalue weighted by Crippen LogP contribution is -2.45. The summed E-state index contributed by atoms with van der Waals surface area (Å²) >= 11 is 0. The molecule has 0 aliphatic heterocycles. The van der Waals surface area contributed by atoms with E-state index in [1.54, 1.807) is 24.9 Å². The molecule has 0 aliphatic carbocycles. The molecular weight excluding hydrogens is 370 g/mol. The molecule has 0 saturated heterocycles. The number of carbonyl (C=O) groups excluding carboxylic acids is 2. The van der Waals surface area contributed by atoms with Crippen LogP contribution in [-0.4, -0.2) is 31.4 Å². The van der Waals surface area contributed by atoms with E-state index >= 15 is 0 Å². The Morgan fingerprint density at radius 3 is 2.55 bits per heavy atom. The van der Waals surface area contributed by atoms with Crippen LogP contribution in [0, 0.1) is 6.92 Å². The van der Waals surface area contributed by atoms with Gasteiger partial charge in [-0.05, 0) is 37.1 Å². The maximum atomic E-state index is 12.2. The third-order valence-electron chi connectivity index (χ3n) is 4.97. The second-order valence-electron chi connectivity index (χ2n) is 6.95. The standard InChI is InChI=1S/C22H23N3O4/c1-13-6-4-5-7-16(13)18-11-21(27)29-19-10-15(8-9-17(18)19)25(3)14(2)22(28)24-12-20(23)26/h4-11,14H,12H2,1-3H3,(H2,23,26)(H,24,28)/t14-/m0/s1. The zero-order valence-corrected chi connectivity index (χ0v) is 16.6. The quantitative estimate of drug-likeness (QED) is 0.625. The molecule has 0 spiro atoms. The molecule has 3 N–H and O–H groups in total. The van der Waals surface area contributed by atoms with E-state index in [1.807, 2.05) is 43.3 Å². The van der Waals surface area contributed by atoms with Crippen LogP contribution < -0.4 is 21.6 Å². The molecule has 2 aromatic carbocycles. The normalized spacial score (nSPS) is 11.8. The monoisotopic (exact) mass is 393 g/mol. The first-order valence-electron chi connectivity index (χ1n) is 9.20. The summed E-state index contributed by atoms with van der Waals surface area (Å²) in [6, 6.07) is 14.2. The van der Waals surface area contributed by atoms with Crippen LogP contribution >= 0.6 is 0 Å². The molecule has 1 atom stereocenters. The summed E-state index contributed by atoms with van der Waals surface area (Å²) in [5, 5.41) is 3.29. The first kappa shape index (κ1) is 20.1. The van der Waals surface area contributed by atoms with Crippen LogP contribution in [0.25, 0.3) is 22.1 Å². The number of anilines is 1. The number of nitrogens with zero attached hydrogens (tertiary/aromatic N) is 1. The number of hydrogen-bond acceptors (Lipinski definition) is 5. The largest absolute Gasteiger partial charge is 0.423 e. The van der Waals surface area contributed by atoms with Crippen molar-refractivity contribution in [2.75, 3.05) is 18.5 Å². The first-order valence-corrected chi connectivity index (χ1v) is 9.20. The second kappa shape index (κ2) is 8.18. The molecule has 7 heteroatoms. The Kier molecular flexibility index (Phi) is 5.68. The maximum Gasteiger partial charge on any atom is 0.336 e. The number of hydrogen-bond donors (Lipinski definition) is 2. The van der Waals surface area contributed by atoms with Crippen molar-refractivity contribution >= 4 is 28.5 Å². The number of nitrogens with one attached hydrogen (secondary N) is 1. The van der Waals surface area contributed by atoms with Gasteiger partial charge in [0, 0.05) is 35.8 Å². The van der Waals surface area contributed by atoms with Crippen LogP contribution in [0.2, 0.25) is 0 Å². The van der Waals surface area contributed by atoms with E-state index < -0.39 is 17.6 Å². The van der Waals surface area contributed by atoms with Crippen LogP contribution in [-0.2, 0) is 9.59 Å². The van der Waals surface area contributed by atoms with Gasteiger partial charge in [-0.25, -0.2) is 4.79 Å². The highest BCUT2D eigenvalue weighted by atomic mass is 16.4. The number of rotatable bonds is 6. The van der Waals surface area contributed by atoms with Crippen LogP contribution in [0.3, 0.4) is 0 Å². The summed E-state index contributed by atoms with van der Waals surface area (Å²) in [6.07, 6.45) is 0. The van der Waals surface area contributed by atoms with Crippen molar-refractivity contribution in [2.45, 2.75) is 19.9 Å². The summed E-state index contributed by atoms with van der Waals surface area (Å²) in [5.74, 6) is -0.939. The van der Waals surface area contributed by atoms with Crippen molar-refractivity contribution in [1.29, 1.82) is 0 Å². The number of fused-ring (bicyclic) bond motifs is 1. The van der Waals surface area contributed by atoms with Crippen molar-refractivity contribution in [3.63, 3.8) is 0 Å². The highest BCUT2D eigenvalue weighted by molar-refractivity contribution is 5.96. The minimum Gasteiger partial charge on any atom is -0.423 e. The van der Waals surface area contributed by atoms with Crippen molar-refractivity contribution in [2.24, 2.45) is 5.73 Å². The van der Waals surface area contributed by atoms with E-state index in [4.69, 9.17) is 10.2 Å². The Labute approximate surface area is 168 Å². The Hall–Kier alpha value is -3.61. The van der Waals surface area contributed by atoms with Crippen LogP contribution in [0.1, 0.15) is 12.5 Å². The first-order chi connectivity index (χ1) is 13.8. The molecule has 29 heavy (non-hydrogen) atoms. The van der Waals surface area contributed by atoms with Crippen molar-refractivity contribution in [3.05, 3.63) is 64.5 Å². The summed E-state index contributed by atoms with van der Waals surface area (Å²) in [7, 11) is 1.75. The average Bonchev–Trinajstić information content (AvgIpc) is 2.70. The molecule has 0 aliphatic rings. The second-order valence-corrected chi connectivity index (χ2v) is 6.95. The molecule has 0 radical (unpaired) electrons. The van der Waals surface area contributed by atoms with Gasteiger partial charge < -0.3 is 20.4 Å². The highest BCUT2D eigenvalue weighted by Gasteiger charge is 2.20. The zero-order valence-electron chi connectivity index (χ0n) is 16.6. The van der Waals surface area contributed by atoms with Gasteiger partial charge in [-0.3, -0.25) is 9.59 Å². The lowest BCUT2D eigenvalue weighted by molar-refractivity contribution is -0.125. The van der Waals surface area contributed by atoms with E-state index in [0.29, 0.717) is 11.3 Å². The van der Waals surface area contributed by atoms with Crippen LogP contribution in [0.4, 0.5) is 5.69 Å². The van der Waals surface area contributed by atoms with E-state index in [2.05, 4.69) is 5.32 Å². The van der Waals surface area contributed by atoms with E-state index in [-0.39, 0.29) is 12.5 Å². The van der Waals surface area contributed by atoms with Gasteiger partial charge in [-0.2, -0.15) is 0 Å². The Bertz CT molecular complexity index is 1140. The fourth-order valence-electron chi connectivity index (χ4n) is 3.19. The van der Waals surface area contributed by atoms with Gasteiger partial charge in [0.25, 0.3) is 0 Å². The predicted octanol–water partition coefficient (Wildman–Crippen LogP) is 2.19. The minimum atomic E-state index is -0.607. The molecule has 0 unspecified atom stereocenters. The molecule has 7 nitrogen and oxygen atoms in total. The average molecular weight is 393 g/mol. The third kappa shape index (κ3) is 4.29. The maximum absolute atomic E-state index is 12.2. The number of primary amides is 1. The predicted molar refractivity (Wildman–Crippen MR) is 113 cm³/mol. The Morgan fingerprint density at radius 2 is 1.86 bits per heavy atom. The van der Waals surface area contributed by atoms with Gasteiger partial charge in [0.1, 0.15) is 11.6 Å². The highest BCUT2D eigenvalue weighted by Crippen LogP contribution is 2.31. The summed E-state index contributed by atoms with van der Waals surface area (Å²) < 4.78 is 5.43. The summed E-state index contributed by atoms with van der Waals surface area (Å²) in [5.41, 5.74) is 8.58. The topological polar surface area (TPSA) is 106 Å². The number of amides is 2. The van der Waals surface area contributed by atoms with Gasteiger partial charge in [0.15, 0.2) is 0 Å². The third-order valence-corrected chi connectivity index (χ3v) is 4.97. The molecule has 1 aromatic heterocycles. The smallest absolute Gasteiger partial charge is 0.336 e. The molecule has 0 bridgehead atoms. The summed E-state index contributed by atoms with van der Waals surface area (Å²) in [4.78, 5) is 37.0. The molecule has 3 aromatic rings. The van der Waals surface area contributed by atoms with Gasteiger partial charge in [-0.1, -0.05) is 24.3 Å². The number of carbonyl (C=O) groups is 2. The van der Waals surface area contributed by atoms with E-state index in [9.17, 15) is 14.4 Å². The molecular formula is C22H23N3O4. The van der Waals surface area contributed by atoms with E-state index in [1.165, 1.54) is 6.07 Å². The zero-order chi connectivity index (χ0) is 21.1. The van der Waals surface area contributed by atoms with Crippen molar-refractivity contribution in [1.82, 2.24) is 5.32 Å². The Balaban J connectivity index is 1.99. The fourth-order valence-corrected chi connectivity index (χ4v) is 3.19. The lowest BCUT2D eigenvalue weighted by Gasteiger charge is -2.26. The Morgan fingerprint density at radius 1 is 1.14 bits per heavy atom. The van der Waals surface area contributed by atoms with Gasteiger partial charge in [0.05, 0.1) is 6.54 Å². The lowest BCUT2D eigenvalue weighted by atomic mass is 9.98. The minimum absolute atomic E-state index is 0.219. The number of likely N-dealkylation sites (N-methyl/N-ethyl adjacent to an activating group) is 1. The van der Waals surface area contributed by atoms with Gasteiger partial charge >= 0.3 is 5.63 Å². The molecule has 2 amide bonds. The van der Waals surface area contributed by atoms with Crippen LogP contribution in [0.5, 0.6) is 0 Å². The molecule has 150 valence electrons.